The number of carbonyl (C=O) groups is 1. The Labute approximate surface area is 179 Å². The van der Waals surface area contributed by atoms with Crippen molar-refractivity contribution in [1.29, 1.82) is 0 Å². The summed E-state index contributed by atoms with van der Waals surface area (Å²) in [5.74, 6) is -1.05. The summed E-state index contributed by atoms with van der Waals surface area (Å²) in [5.41, 5.74) is 5.59. The van der Waals surface area contributed by atoms with Crippen LogP contribution in [0.25, 0.3) is 33.9 Å². The van der Waals surface area contributed by atoms with Crippen molar-refractivity contribution in [3.8, 4) is 16.9 Å². The second kappa shape index (κ2) is 7.05. The molecule has 0 radical (unpaired) electrons. The van der Waals surface area contributed by atoms with Gasteiger partial charge < -0.3 is 5.73 Å². The highest BCUT2D eigenvalue weighted by Crippen LogP contribution is 2.29. The van der Waals surface area contributed by atoms with Gasteiger partial charge in [-0.3, -0.25) is 23.1 Å². The zero-order valence-electron chi connectivity index (χ0n) is 16.9. The summed E-state index contributed by atoms with van der Waals surface area (Å²) in [5, 5.41) is 0. The number of nitrogens with two attached hydrogens (primary N) is 1. The zero-order chi connectivity index (χ0) is 22.6. The molecule has 160 valence electrons. The van der Waals surface area contributed by atoms with Crippen molar-refractivity contribution in [3.05, 3.63) is 87.4 Å². The third-order valence-corrected chi connectivity index (χ3v) is 5.33. The van der Waals surface area contributed by atoms with E-state index in [0.717, 1.165) is 10.1 Å². The van der Waals surface area contributed by atoms with Gasteiger partial charge in [-0.15, -0.1) is 0 Å². The van der Waals surface area contributed by atoms with E-state index in [1.165, 1.54) is 22.1 Å². The Morgan fingerprint density at radius 1 is 1.06 bits per heavy atom. The number of hydrogen-bond acceptors (Lipinski definition) is 4. The van der Waals surface area contributed by atoms with Gasteiger partial charge in [0.2, 0.25) is 11.7 Å². The number of rotatable bonds is 4. The number of aryl methyl sites for hydroxylation is 1. The van der Waals surface area contributed by atoms with E-state index in [2.05, 4.69) is 4.98 Å². The molecule has 32 heavy (non-hydrogen) atoms. The van der Waals surface area contributed by atoms with Gasteiger partial charge >= 0.3 is 5.69 Å². The fourth-order valence-electron chi connectivity index (χ4n) is 3.87. The summed E-state index contributed by atoms with van der Waals surface area (Å²) >= 11 is 0. The van der Waals surface area contributed by atoms with Gasteiger partial charge in [0.1, 0.15) is 12.4 Å². The molecule has 0 aliphatic carbocycles. The third kappa shape index (κ3) is 2.77. The number of carbonyl (C=O) groups excluding carboxylic acids is 1. The first-order chi connectivity index (χ1) is 15.4. The van der Waals surface area contributed by atoms with E-state index < -0.39 is 29.5 Å². The van der Waals surface area contributed by atoms with Crippen molar-refractivity contribution in [2.45, 2.75) is 6.54 Å². The number of nitrogens with zero attached hydrogens (tertiary/aromatic N) is 5. The first-order valence-electron chi connectivity index (χ1n) is 9.70. The van der Waals surface area contributed by atoms with Crippen LogP contribution in [0.4, 0.5) is 4.39 Å². The Hall–Kier alpha value is -4.47. The second-order valence-corrected chi connectivity index (χ2v) is 7.32. The fourth-order valence-corrected chi connectivity index (χ4v) is 3.87. The highest BCUT2D eigenvalue weighted by atomic mass is 19.1. The number of primary amides is 1. The Morgan fingerprint density at radius 2 is 1.75 bits per heavy atom. The average molecular weight is 432 g/mol. The number of aromatic nitrogens is 5. The molecule has 10 heteroatoms. The van der Waals surface area contributed by atoms with Crippen LogP contribution in [-0.2, 0) is 18.4 Å². The van der Waals surface area contributed by atoms with E-state index >= 15 is 0 Å². The van der Waals surface area contributed by atoms with Crippen LogP contribution in [0.15, 0.2) is 70.4 Å². The maximum Gasteiger partial charge on any atom is 0.332 e. The molecule has 0 saturated heterocycles. The molecular formula is C22H17FN6O3. The van der Waals surface area contributed by atoms with Gasteiger partial charge in [-0.2, -0.15) is 4.98 Å². The van der Waals surface area contributed by atoms with Gasteiger partial charge in [0.15, 0.2) is 11.2 Å². The van der Waals surface area contributed by atoms with Gasteiger partial charge in [-0.05, 0) is 12.1 Å². The van der Waals surface area contributed by atoms with E-state index in [1.54, 1.807) is 29.0 Å². The number of amides is 1. The minimum atomic E-state index is -0.821. The Bertz CT molecular complexity index is 1640. The summed E-state index contributed by atoms with van der Waals surface area (Å²) in [6, 6.07) is 15.5. The summed E-state index contributed by atoms with van der Waals surface area (Å²) in [6.07, 6.45) is 1.66. The van der Waals surface area contributed by atoms with Crippen LogP contribution < -0.4 is 17.0 Å². The molecule has 0 fully saturated rings. The predicted molar refractivity (Wildman–Crippen MR) is 116 cm³/mol. The van der Waals surface area contributed by atoms with Crippen LogP contribution in [0.1, 0.15) is 0 Å². The summed E-state index contributed by atoms with van der Waals surface area (Å²) in [4.78, 5) is 41.8. The molecule has 0 bridgehead atoms. The topological polar surface area (TPSA) is 109 Å². The highest BCUT2D eigenvalue weighted by molar-refractivity contribution is 5.80. The minimum Gasteiger partial charge on any atom is -0.368 e. The van der Waals surface area contributed by atoms with Crippen molar-refractivity contribution in [2.24, 2.45) is 12.8 Å². The van der Waals surface area contributed by atoms with Crippen molar-refractivity contribution in [3.63, 3.8) is 0 Å². The third-order valence-electron chi connectivity index (χ3n) is 5.33. The maximum absolute atomic E-state index is 14.8. The number of hydrogen-bond donors (Lipinski definition) is 1. The molecule has 0 spiro atoms. The van der Waals surface area contributed by atoms with Crippen LogP contribution in [-0.4, -0.2) is 29.0 Å². The number of benzene rings is 2. The summed E-state index contributed by atoms with van der Waals surface area (Å²) in [6.45, 7) is -0.561. The number of imidazole rings is 2. The molecule has 5 aromatic rings. The van der Waals surface area contributed by atoms with Crippen LogP contribution in [0, 0.1) is 5.82 Å². The van der Waals surface area contributed by atoms with Gasteiger partial charge in [0.05, 0.1) is 11.4 Å². The van der Waals surface area contributed by atoms with Crippen LogP contribution in [0.5, 0.6) is 0 Å². The molecule has 0 saturated carbocycles. The molecule has 0 aliphatic heterocycles. The van der Waals surface area contributed by atoms with Gasteiger partial charge in [0.25, 0.3) is 5.56 Å². The fraction of sp³-hybridized carbons (Fsp3) is 0.0909. The lowest BCUT2D eigenvalue weighted by molar-refractivity contribution is -0.118. The molecule has 0 aliphatic rings. The summed E-state index contributed by atoms with van der Waals surface area (Å²) in [7, 11) is 1.44. The quantitative estimate of drug-likeness (QED) is 0.463. The molecule has 1 amide bonds. The largest absolute Gasteiger partial charge is 0.368 e. The van der Waals surface area contributed by atoms with Crippen molar-refractivity contribution in [1.82, 2.24) is 23.1 Å². The first kappa shape index (κ1) is 19.5. The standard InChI is InChI=1S/C22H17FN6O3/c1-26-19-18(20(31)28(22(26)32)12-17(24)30)27-11-16(13-7-3-2-4-8-13)29(21(27)25-19)15-10-6-5-9-14(15)23/h2-11H,12H2,1H3,(H2,24,30). The van der Waals surface area contributed by atoms with E-state index in [1.807, 2.05) is 30.3 Å². The van der Waals surface area contributed by atoms with E-state index in [-0.39, 0.29) is 22.6 Å². The van der Waals surface area contributed by atoms with Crippen LogP contribution in [0.2, 0.25) is 0 Å². The van der Waals surface area contributed by atoms with Crippen LogP contribution in [0.3, 0.4) is 0 Å². The van der Waals surface area contributed by atoms with Crippen molar-refractivity contribution >= 4 is 22.8 Å². The zero-order valence-corrected chi connectivity index (χ0v) is 16.9. The molecule has 0 atom stereocenters. The molecule has 3 heterocycles. The van der Waals surface area contributed by atoms with Crippen LogP contribution >= 0.6 is 0 Å². The van der Waals surface area contributed by atoms with Crippen molar-refractivity contribution in [2.75, 3.05) is 0 Å². The van der Waals surface area contributed by atoms with Crippen molar-refractivity contribution < 1.29 is 9.18 Å². The Kier molecular flexibility index (Phi) is 4.29. The number of fused-ring (bicyclic) bond motifs is 3. The highest BCUT2D eigenvalue weighted by Gasteiger charge is 2.23. The maximum atomic E-state index is 14.8. The predicted octanol–water partition coefficient (Wildman–Crippen LogP) is 1.43. The molecule has 2 aromatic carbocycles. The SMILES string of the molecule is Cn1c(=O)n(CC(N)=O)c(=O)c2c1nc1n(-c3ccccc3F)c(-c3ccccc3)cn21. The molecule has 9 nitrogen and oxygen atoms in total. The second-order valence-electron chi connectivity index (χ2n) is 7.32. The smallest absolute Gasteiger partial charge is 0.332 e. The van der Waals surface area contributed by atoms with Gasteiger partial charge in [-0.1, -0.05) is 42.5 Å². The first-order valence-corrected chi connectivity index (χ1v) is 9.70. The van der Waals surface area contributed by atoms with E-state index in [0.29, 0.717) is 5.69 Å². The lowest BCUT2D eigenvalue weighted by Crippen LogP contribution is -2.42. The number of para-hydroxylation sites is 1. The average Bonchev–Trinajstić information content (AvgIpc) is 3.32. The van der Waals surface area contributed by atoms with Gasteiger partial charge in [-0.25, -0.2) is 13.8 Å². The molecular weight excluding hydrogens is 415 g/mol. The summed E-state index contributed by atoms with van der Waals surface area (Å²) < 4.78 is 19.9. The minimum absolute atomic E-state index is 0.0793. The van der Waals surface area contributed by atoms with E-state index in [4.69, 9.17) is 5.73 Å². The van der Waals surface area contributed by atoms with E-state index in [9.17, 15) is 18.8 Å². The normalized spacial score (nSPS) is 11.4. The Morgan fingerprint density at radius 3 is 2.44 bits per heavy atom. The molecule has 2 N–H and O–H groups in total. The lowest BCUT2D eigenvalue weighted by Gasteiger charge is -2.10. The number of halogens is 1. The molecule has 0 unspecified atom stereocenters. The van der Waals surface area contributed by atoms with Gasteiger partial charge in [0, 0.05) is 18.8 Å². The lowest BCUT2D eigenvalue weighted by atomic mass is 10.1. The molecule has 5 rings (SSSR count). The molecule has 3 aromatic heterocycles. The Balaban J connectivity index is 1.96. The monoisotopic (exact) mass is 432 g/mol.